The number of halogens is 1. The molecule has 1 aromatic carbocycles. The molecule has 0 spiro atoms. The van der Waals surface area contributed by atoms with Gasteiger partial charge in [0.25, 0.3) is 0 Å². The van der Waals surface area contributed by atoms with Gasteiger partial charge in [0.2, 0.25) is 0 Å². The molecular weight excluding hydrogens is 318 g/mol. The monoisotopic (exact) mass is 339 g/mol. The lowest BCUT2D eigenvalue weighted by Gasteiger charge is -2.35. The van der Waals surface area contributed by atoms with E-state index in [9.17, 15) is 9.59 Å². The number of benzene rings is 1. The van der Waals surface area contributed by atoms with Gasteiger partial charge in [-0.1, -0.05) is 23.7 Å². The molecule has 23 heavy (non-hydrogen) atoms. The lowest BCUT2D eigenvalue weighted by molar-refractivity contribution is -0.137. The van der Waals surface area contributed by atoms with Crippen molar-refractivity contribution >= 4 is 29.3 Å². The summed E-state index contributed by atoms with van der Waals surface area (Å²) >= 11 is 6.24. The highest BCUT2D eigenvalue weighted by Gasteiger charge is 2.23. The van der Waals surface area contributed by atoms with Crippen molar-refractivity contribution in [2.45, 2.75) is 25.3 Å². The smallest absolute Gasteiger partial charge is 0.317 e. The molecule has 0 radical (unpaired) electrons. The number of carboxylic acids is 1. The van der Waals surface area contributed by atoms with Crippen LogP contribution in [0.2, 0.25) is 5.02 Å². The van der Waals surface area contributed by atoms with Gasteiger partial charge in [-0.15, -0.1) is 0 Å². The molecule has 1 aromatic rings. The molecule has 2 N–H and O–H groups in total. The molecule has 126 valence electrons. The average Bonchev–Trinajstić information content (AvgIpc) is 2.53. The van der Waals surface area contributed by atoms with E-state index < -0.39 is 5.97 Å². The first-order valence-electron chi connectivity index (χ1n) is 7.70. The second-order valence-corrected chi connectivity index (χ2v) is 6.16. The molecule has 1 unspecified atom stereocenters. The highest BCUT2D eigenvalue weighted by molar-refractivity contribution is 6.33. The van der Waals surface area contributed by atoms with Crippen molar-refractivity contribution in [3.8, 4) is 0 Å². The maximum Gasteiger partial charge on any atom is 0.317 e. The van der Waals surface area contributed by atoms with Crippen LogP contribution in [-0.4, -0.2) is 54.7 Å². The van der Waals surface area contributed by atoms with Crippen LogP contribution >= 0.6 is 11.6 Å². The molecule has 1 atom stereocenters. The van der Waals surface area contributed by atoms with Crippen molar-refractivity contribution in [1.82, 2.24) is 10.2 Å². The molecule has 0 aliphatic carbocycles. The Morgan fingerprint density at radius 3 is 2.87 bits per heavy atom. The van der Waals surface area contributed by atoms with Gasteiger partial charge >= 0.3 is 12.0 Å². The minimum absolute atomic E-state index is 0.0276. The minimum atomic E-state index is -0.910. The maximum atomic E-state index is 12.1. The van der Waals surface area contributed by atoms with E-state index in [1.807, 2.05) is 24.3 Å². The topological polar surface area (TPSA) is 72.9 Å². The highest BCUT2D eigenvalue weighted by Crippen LogP contribution is 2.27. The van der Waals surface area contributed by atoms with Crippen LogP contribution in [0.5, 0.6) is 0 Å². The average molecular weight is 340 g/mol. The molecule has 2 rings (SSSR count). The largest absolute Gasteiger partial charge is 0.481 e. The summed E-state index contributed by atoms with van der Waals surface area (Å²) in [6, 6.07) is 7.47. The number of carbonyl (C=O) groups is 2. The van der Waals surface area contributed by atoms with E-state index in [0.29, 0.717) is 11.6 Å². The number of rotatable bonds is 5. The standard InChI is InChI=1S/C16H22ClN3O3/c1-19(10-8-15(21)22)16(23)18-12-5-4-9-20(11-12)14-7-3-2-6-13(14)17/h2-3,6-7,12H,4-5,8-11H2,1H3,(H,18,23)(H,21,22). The minimum Gasteiger partial charge on any atom is -0.481 e. The van der Waals surface area contributed by atoms with Gasteiger partial charge in [-0.05, 0) is 25.0 Å². The molecule has 0 aromatic heterocycles. The van der Waals surface area contributed by atoms with Gasteiger partial charge in [0.15, 0.2) is 0 Å². The zero-order chi connectivity index (χ0) is 16.8. The first-order chi connectivity index (χ1) is 11.0. The van der Waals surface area contributed by atoms with Gasteiger partial charge in [-0.25, -0.2) is 4.79 Å². The Kier molecular flexibility index (Phi) is 6.10. The van der Waals surface area contributed by atoms with E-state index in [1.165, 1.54) is 4.90 Å². The molecule has 1 fully saturated rings. The van der Waals surface area contributed by atoms with Crippen molar-refractivity contribution in [2.75, 3.05) is 31.6 Å². The second kappa shape index (κ2) is 8.06. The summed E-state index contributed by atoms with van der Waals surface area (Å²) in [5, 5.41) is 12.4. The number of nitrogens with one attached hydrogen (secondary N) is 1. The van der Waals surface area contributed by atoms with Crippen molar-refractivity contribution in [3.05, 3.63) is 29.3 Å². The molecule has 0 bridgehead atoms. The fraction of sp³-hybridized carbons (Fsp3) is 0.500. The zero-order valence-electron chi connectivity index (χ0n) is 13.2. The summed E-state index contributed by atoms with van der Waals surface area (Å²) < 4.78 is 0. The van der Waals surface area contributed by atoms with Crippen molar-refractivity contribution in [3.63, 3.8) is 0 Å². The van der Waals surface area contributed by atoms with E-state index in [0.717, 1.165) is 25.1 Å². The van der Waals surface area contributed by atoms with Gasteiger partial charge in [0, 0.05) is 32.7 Å². The van der Waals surface area contributed by atoms with Crippen LogP contribution in [0.4, 0.5) is 10.5 Å². The van der Waals surface area contributed by atoms with Crippen LogP contribution in [-0.2, 0) is 4.79 Å². The van der Waals surface area contributed by atoms with Crippen LogP contribution in [0, 0.1) is 0 Å². The summed E-state index contributed by atoms with van der Waals surface area (Å²) in [7, 11) is 1.60. The predicted octanol–water partition coefficient (Wildman–Crippen LogP) is 2.42. The Balaban J connectivity index is 1.90. The normalized spacial score (nSPS) is 17.7. The third kappa shape index (κ3) is 5.03. The number of hydrogen-bond donors (Lipinski definition) is 2. The Morgan fingerprint density at radius 1 is 1.43 bits per heavy atom. The van der Waals surface area contributed by atoms with E-state index in [1.54, 1.807) is 7.05 Å². The van der Waals surface area contributed by atoms with Gasteiger partial charge < -0.3 is 20.2 Å². The van der Waals surface area contributed by atoms with Gasteiger partial charge in [-0.2, -0.15) is 0 Å². The Labute approximate surface area is 141 Å². The van der Waals surface area contributed by atoms with E-state index in [4.69, 9.17) is 16.7 Å². The van der Waals surface area contributed by atoms with Gasteiger partial charge in [-0.3, -0.25) is 4.79 Å². The number of anilines is 1. The van der Waals surface area contributed by atoms with E-state index in [-0.39, 0.29) is 25.0 Å². The quantitative estimate of drug-likeness (QED) is 0.864. The lowest BCUT2D eigenvalue weighted by Crippen LogP contribution is -2.51. The third-order valence-electron chi connectivity index (χ3n) is 3.95. The van der Waals surface area contributed by atoms with Crippen LogP contribution in [0.25, 0.3) is 0 Å². The lowest BCUT2D eigenvalue weighted by atomic mass is 10.0. The molecule has 1 aliphatic heterocycles. The SMILES string of the molecule is CN(CCC(=O)O)C(=O)NC1CCCN(c2ccccc2Cl)C1. The number of amides is 2. The summed E-state index contributed by atoms with van der Waals surface area (Å²) in [6.45, 7) is 1.80. The van der Waals surface area contributed by atoms with Gasteiger partial charge in [0.1, 0.15) is 0 Å². The number of aliphatic carboxylic acids is 1. The zero-order valence-corrected chi connectivity index (χ0v) is 13.9. The second-order valence-electron chi connectivity index (χ2n) is 5.75. The number of piperidine rings is 1. The fourth-order valence-electron chi connectivity index (χ4n) is 2.67. The molecule has 1 heterocycles. The van der Waals surface area contributed by atoms with Crippen LogP contribution in [0.1, 0.15) is 19.3 Å². The number of carbonyl (C=O) groups excluding carboxylic acids is 1. The highest BCUT2D eigenvalue weighted by atomic mass is 35.5. The summed E-state index contributed by atoms with van der Waals surface area (Å²) in [5.41, 5.74) is 0.979. The summed E-state index contributed by atoms with van der Waals surface area (Å²) in [5.74, 6) is -0.910. The van der Waals surface area contributed by atoms with Crippen molar-refractivity contribution in [1.29, 1.82) is 0 Å². The van der Waals surface area contributed by atoms with E-state index in [2.05, 4.69) is 10.2 Å². The predicted molar refractivity (Wildman–Crippen MR) is 90.1 cm³/mol. The molecule has 2 amide bonds. The van der Waals surface area contributed by atoms with Crippen molar-refractivity contribution < 1.29 is 14.7 Å². The molecule has 1 aliphatic rings. The Bertz CT molecular complexity index is 567. The number of carboxylic acid groups (broad SMARTS) is 1. The van der Waals surface area contributed by atoms with Crippen LogP contribution in [0.15, 0.2) is 24.3 Å². The Morgan fingerprint density at radius 2 is 2.17 bits per heavy atom. The van der Waals surface area contributed by atoms with Crippen LogP contribution in [0.3, 0.4) is 0 Å². The maximum absolute atomic E-state index is 12.1. The molecular formula is C16H22ClN3O3. The first-order valence-corrected chi connectivity index (χ1v) is 8.08. The Hall–Kier alpha value is -1.95. The third-order valence-corrected chi connectivity index (χ3v) is 4.27. The number of urea groups is 1. The first kappa shape index (κ1) is 17.4. The van der Waals surface area contributed by atoms with Crippen molar-refractivity contribution in [2.24, 2.45) is 0 Å². The van der Waals surface area contributed by atoms with Gasteiger partial charge in [0.05, 0.1) is 17.1 Å². The molecule has 7 heteroatoms. The van der Waals surface area contributed by atoms with E-state index >= 15 is 0 Å². The fourth-order valence-corrected chi connectivity index (χ4v) is 2.93. The molecule has 1 saturated heterocycles. The number of hydrogen-bond acceptors (Lipinski definition) is 3. The number of nitrogens with zero attached hydrogens (tertiary/aromatic N) is 2. The summed E-state index contributed by atoms with van der Waals surface area (Å²) in [4.78, 5) is 26.3. The summed E-state index contributed by atoms with van der Waals surface area (Å²) in [6.07, 6.45) is 1.81. The molecule has 6 nitrogen and oxygen atoms in total. The molecule has 0 saturated carbocycles. The number of para-hydroxylation sites is 1. The van der Waals surface area contributed by atoms with Crippen LogP contribution < -0.4 is 10.2 Å².